The molecule has 1 saturated heterocycles. The van der Waals surface area contributed by atoms with Crippen molar-refractivity contribution in [3.8, 4) is 0 Å². The number of nitrogens with one attached hydrogen (secondary N) is 1. The summed E-state index contributed by atoms with van der Waals surface area (Å²) >= 11 is 0. The molecular formula is C15H19F3N2O2. The van der Waals surface area contributed by atoms with E-state index in [2.05, 4.69) is 5.32 Å². The number of hydrogen-bond acceptors (Lipinski definition) is 3. The topological polar surface area (TPSA) is 41.6 Å². The van der Waals surface area contributed by atoms with Crippen molar-refractivity contribution in [1.29, 1.82) is 0 Å². The standard InChI is InChI=1S/C15H19F3N2O2/c1-3-20-5-4-12(19-13(21)8-22-2)15(20)9-6-10(16)14(18)11(17)7-9/h6-7,12,15H,3-5,8H2,1-2H3,(H,19,21)/t12-,15-/m1/s1. The fourth-order valence-corrected chi connectivity index (χ4v) is 2.93. The number of likely N-dealkylation sites (tertiary alicyclic amines) is 1. The Kier molecular flexibility index (Phi) is 5.42. The highest BCUT2D eigenvalue weighted by atomic mass is 19.2. The molecule has 22 heavy (non-hydrogen) atoms. The van der Waals surface area contributed by atoms with E-state index in [1.807, 2.05) is 11.8 Å². The molecule has 2 atom stereocenters. The van der Waals surface area contributed by atoms with E-state index in [-0.39, 0.29) is 18.6 Å². The van der Waals surface area contributed by atoms with Gasteiger partial charge in [-0.2, -0.15) is 0 Å². The molecule has 0 saturated carbocycles. The van der Waals surface area contributed by atoms with Gasteiger partial charge in [0.05, 0.1) is 6.04 Å². The number of nitrogens with zero attached hydrogens (tertiary/aromatic N) is 1. The van der Waals surface area contributed by atoms with Gasteiger partial charge >= 0.3 is 0 Å². The van der Waals surface area contributed by atoms with Crippen molar-refractivity contribution < 1.29 is 22.7 Å². The summed E-state index contributed by atoms with van der Waals surface area (Å²) in [4.78, 5) is 13.7. The molecule has 2 rings (SSSR count). The Balaban J connectivity index is 2.28. The van der Waals surface area contributed by atoms with Crippen LogP contribution in [0.3, 0.4) is 0 Å². The molecule has 1 amide bonds. The maximum atomic E-state index is 13.5. The molecule has 1 aliphatic heterocycles. The van der Waals surface area contributed by atoms with E-state index in [1.165, 1.54) is 7.11 Å². The van der Waals surface area contributed by atoms with E-state index < -0.39 is 23.5 Å². The second-order valence-corrected chi connectivity index (χ2v) is 5.27. The predicted octanol–water partition coefficient (Wildman–Crippen LogP) is 2.00. The Morgan fingerprint density at radius 2 is 2.00 bits per heavy atom. The normalized spacial score (nSPS) is 22.0. The Morgan fingerprint density at radius 1 is 1.36 bits per heavy atom. The van der Waals surface area contributed by atoms with Gasteiger partial charge in [-0.15, -0.1) is 0 Å². The molecule has 0 aliphatic carbocycles. The minimum atomic E-state index is -1.48. The number of ether oxygens (including phenoxy) is 1. The van der Waals surface area contributed by atoms with Gasteiger partial charge in [0, 0.05) is 19.7 Å². The van der Waals surface area contributed by atoms with Crippen molar-refractivity contribution in [3.05, 3.63) is 35.1 Å². The molecule has 7 heteroatoms. The summed E-state index contributed by atoms with van der Waals surface area (Å²) in [6, 6.07) is 1.29. The van der Waals surface area contributed by atoms with Crippen LogP contribution in [0.15, 0.2) is 12.1 Å². The van der Waals surface area contributed by atoms with Crippen LogP contribution in [0.1, 0.15) is 24.9 Å². The molecule has 4 nitrogen and oxygen atoms in total. The summed E-state index contributed by atoms with van der Waals surface area (Å²) in [6.45, 7) is 3.17. The zero-order chi connectivity index (χ0) is 16.3. The summed E-state index contributed by atoms with van der Waals surface area (Å²) in [6.07, 6.45) is 0.647. The van der Waals surface area contributed by atoms with Gasteiger partial charge < -0.3 is 10.1 Å². The lowest BCUT2D eigenvalue weighted by Crippen LogP contribution is -2.41. The lowest BCUT2D eigenvalue weighted by atomic mass is 9.99. The molecule has 1 aromatic rings. The summed E-state index contributed by atoms with van der Waals surface area (Å²) in [7, 11) is 1.41. The number of hydrogen-bond donors (Lipinski definition) is 1. The first kappa shape index (κ1) is 16.8. The van der Waals surface area contributed by atoms with Crippen molar-refractivity contribution >= 4 is 5.91 Å². The van der Waals surface area contributed by atoms with Crippen LogP contribution in [0.2, 0.25) is 0 Å². The highest BCUT2D eigenvalue weighted by Gasteiger charge is 2.36. The maximum Gasteiger partial charge on any atom is 0.246 e. The van der Waals surface area contributed by atoms with E-state index in [1.54, 1.807) is 0 Å². The third-order valence-electron chi connectivity index (χ3n) is 3.88. The number of carbonyl (C=O) groups excluding carboxylic acids is 1. The number of methoxy groups -OCH3 is 1. The van der Waals surface area contributed by atoms with E-state index in [0.29, 0.717) is 25.1 Å². The molecule has 0 unspecified atom stereocenters. The molecule has 0 aromatic heterocycles. The molecule has 1 fully saturated rings. The van der Waals surface area contributed by atoms with Gasteiger partial charge in [0.15, 0.2) is 17.5 Å². The van der Waals surface area contributed by atoms with Gasteiger partial charge in [0.2, 0.25) is 5.91 Å². The zero-order valence-electron chi connectivity index (χ0n) is 12.5. The summed E-state index contributed by atoms with van der Waals surface area (Å²) in [5.74, 6) is -4.22. The van der Waals surface area contributed by atoms with Crippen molar-refractivity contribution in [2.45, 2.75) is 25.4 Å². The van der Waals surface area contributed by atoms with E-state index in [0.717, 1.165) is 12.1 Å². The first-order valence-electron chi connectivity index (χ1n) is 7.14. The van der Waals surface area contributed by atoms with Crippen LogP contribution in [0, 0.1) is 17.5 Å². The smallest absolute Gasteiger partial charge is 0.246 e. The predicted molar refractivity (Wildman–Crippen MR) is 74.7 cm³/mol. The number of likely N-dealkylation sites (N-methyl/N-ethyl adjacent to an activating group) is 1. The third-order valence-corrected chi connectivity index (χ3v) is 3.88. The van der Waals surface area contributed by atoms with Gasteiger partial charge in [-0.05, 0) is 30.7 Å². The van der Waals surface area contributed by atoms with Gasteiger partial charge in [-0.3, -0.25) is 9.69 Å². The van der Waals surface area contributed by atoms with E-state index in [4.69, 9.17) is 4.74 Å². The first-order chi connectivity index (χ1) is 10.5. The second-order valence-electron chi connectivity index (χ2n) is 5.27. The second kappa shape index (κ2) is 7.11. The lowest BCUT2D eigenvalue weighted by Gasteiger charge is -2.28. The maximum absolute atomic E-state index is 13.5. The largest absolute Gasteiger partial charge is 0.375 e. The van der Waals surface area contributed by atoms with Crippen LogP contribution in [-0.2, 0) is 9.53 Å². The average Bonchev–Trinajstić information content (AvgIpc) is 2.87. The highest BCUT2D eigenvalue weighted by molar-refractivity contribution is 5.77. The van der Waals surface area contributed by atoms with Crippen molar-refractivity contribution in [1.82, 2.24) is 10.2 Å². The van der Waals surface area contributed by atoms with Crippen molar-refractivity contribution in [3.63, 3.8) is 0 Å². The molecule has 0 radical (unpaired) electrons. The number of carbonyl (C=O) groups is 1. The summed E-state index contributed by atoms with van der Waals surface area (Å²) in [5, 5.41) is 2.80. The molecule has 0 bridgehead atoms. The van der Waals surface area contributed by atoms with Crippen LogP contribution in [0.4, 0.5) is 13.2 Å². The summed E-state index contributed by atoms with van der Waals surface area (Å²) < 4.78 is 44.9. The van der Waals surface area contributed by atoms with Crippen LogP contribution in [0.25, 0.3) is 0 Å². The molecular weight excluding hydrogens is 297 g/mol. The highest BCUT2D eigenvalue weighted by Crippen LogP contribution is 2.33. The molecule has 1 aliphatic rings. The van der Waals surface area contributed by atoms with Crippen molar-refractivity contribution in [2.75, 3.05) is 26.8 Å². The van der Waals surface area contributed by atoms with Crippen LogP contribution >= 0.6 is 0 Å². The quantitative estimate of drug-likeness (QED) is 0.845. The molecule has 0 spiro atoms. The van der Waals surface area contributed by atoms with Gasteiger partial charge in [0.25, 0.3) is 0 Å². The van der Waals surface area contributed by atoms with Crippen LogP contribution in [-0.4, -0.2) is 43.7 Å². The molecule has 1 N–H and O–H groups in total. The van der Waals surface area contributed by atoms with E-state index >= 15 is 0 Å². The molecule has 122 valence electrons. The zero-order valence-corrected chi connectivity index (χ0v) is 12.5. The van der Waals surface area contributed by atoms with Gasteiger partial charge in [0.1, 0.15) is 6.61 Å². The van der Waals surface area contributed by atoms with E-state index in [9.17, 15) is 18.0 Å². The number of halogens is 3. The Bertz CT molecular complexity index is 531. The minimum Gasteiger partial charge on any atom is -0.375 e. The molecule has 1 aromatic carbocycles. The van der Waals surface area contributed by atoms with Crippen LogP contribution < -0.4 is 5.32 Å². The van der Waals surface area contributed by atoms with Crippen molar-refractivity contribution in [2.24, 2.45) is 0 Å². The first-order valence-corrected chi connectivity index (χ1v) is 7.14. The third kappa shape index (κ3) is 3.41. The molecule has 1 heterocycles. The van der Waals surface area contributed by atoms with Gasteiger partial charge in [-0.1, -0.05) is 6.92 Å². The number of rotatable bonds is 5. The summed E-state index contributed by atoms with van der Waals surface area (Å²) in [5.41, 5.74) is 0.318. The lowest BCUT2D eigenvalue weighted by molar-refractivity contribution is -0.125. The average molecular weight is 316 g/mol. The minimum absolute atomic E-state index is 0.0819. The number of amides is 1. The van der Waals surface area contributed by atoms with Gasteiger partial charge in [-0.25, -0.2) is 13.2 Å². The fraction of sp³-hybridized carbons (Fsp3) is 0.533. The van der Waals surface area contributed by atoms with Crippen LogP contribution in [0.5, 0.6) is 0 Å². The monoisotopic (exact) mass is 316 g/mol. The Labute approximate surface area is 127 Å². The fourth-order valence-electron chi connectivity index (χ4n) is 2.93. The number of benzene rings is 1. The SMILES string of the molecule is CCN1CC[C@@H](NC(=O)COC)[C@H]1c1cc(F)c(F)c(F)c1. The Hall–Kier alpha value is -1.60. The Morgan fingerprint density at radius 3 is 2.55 bits per heavy atom.